The molecule has 4 atom stereocenters. The first-order valence-corrected chi connectivity index (χ1v) is 12.7. The molecular formula is C31H54. The van der Waals surface area contributed by atoms with Crippen LogP contribution >= 0.6 is 0 Å². The van der Waals surface area contributed by atoms with Crippen molar-refractivity contribution in [2.45, 2.75) is 109 Å². The number of fused-ring (bicyclic) bond motifs is 1. The molecule has 4 unspecified atom stereocenters. The van der Waals surface area contributed by atoms with Crippen LogP contribution in [0.1, 0.15) is 109 Å². The number of allylic oxidation sites excluding steroid dienone is 6. The Bertz CT molecular complexity index is 704. The molecular weight excluding hydrogens is 372 g/mol. The van der Waals surface area contributed by atoms with Crippen LogP contribution in [0.2, 0.25) is 0 Å². The maximum atomic E-state index is 4.68. The van der Waals surface area contributed by atoms with Crippen molar-refractivity contribution in [2.75, 3.05) is 0 Å². The van der Waals surface area contributed by atoms with Gasteiger partial charge in [-0.15, -0.1) is 0 Å². The number of hydrogen-bond acceptors (Lipinski definition) is 0. The molecule has 0 heteroatoms. The van der Waals surface area contributed by atoms with E-state index >= 15 is 0 Å². The van der Waals surface area contributed by atoms with E-state index in [0.717, 1.165) is 24.7 Å². The molecule has 0 bridgehead atoms. The summed E-state index contributed by atoms with van der Waals surface area (Å²) in [4.78, 5) is 0. The van der Waals surface area contributed by atoms with Gasteiger partial charge in [-0.3, -0.25) is 0 Å². The third kappa shape index (κ3) is 6.72. The van der Waals surface area contributed by atoms with E-state index in [-0.39, 0.29) is 10.8 Å². The average molecular weight is 427 g/mol. The molecule has 0 radical (unpaired) electrons. The quantitative estimate of drug-likeness (QED) is 0.383. The normalized spacial score (nSPS) is 32.1. The predicted octanol–water partition coefficient (Wildman–Crippen LogP) is 10.2. The van der Waals surface area contributed by atoms with E-state index < -0.39 is 0 Å². The van der Waals surface area contributed by atoms with Crippen molar-refractivity contribution in [2.24, 2.45) is 39.9 Å². The Kier molecular flexibility index (Phi) is 9.27. The third-order valence-electron chi connectivity index (χ3n) is 7.89. The zero-order valence-corrected chi connectivity index (χ0v) is 23.2. The van der Waals surface area contributed by atoms with Gasteiger partial charge in [-0.2, -0.15) is 0 Å². The molecule has 178 valence electrons. The summed E-state index contributed by atoms with van der Waals surface area (Å²) in [5.41, 5.74) is 6.09. The predicted molar refractivity (Wildman–Crippen MR) is 142 cm³/mol. The zero-order valence-electron chi connectivity index (χ0n) is 23.2. The minimum Gasteiger partial charge on any atom is -0.0952 e. The van der Waals surface area contributed by atoms with Gasteiger partial charge in [0.05, 0.1) is 0 Å². The fraction of sp³-hybridized carbons (Fsp3) is 0.742. The van der Waals surface area contributed by atoms with Gasteiger partial charge in [0.2, 0.25) is 0 Å². The molecule has 2 aliphatic carbocycles. The number of rotatable bonds is 5. The van der Waals surface area contributed by atoms with E-state index in [9.17, 15) is 0 Å². The molecule has 1 saturated carbocycles. The lowest BCUT2D eigenvalue weighted by Gasteiger charge is -2.41. The summed E-state index contributed by atoms with van der Waals surface area (Å²) in [5, 5.41) is 0. The summed E-state index contributed by atoms with van der Waals surface area (Å²) in [7, 11) is 0. The monoisotopic (exact) mass is 426 g/mol. The van der Waals surface area contributed by atoms with Crippen molar-refractivity contribution >= 4 is 0 Å². The fourth-order valence-electron chi connectivity index (χ4n) is 5.78. The van der Waals surface area contributed by atoms with Crippen molar-refractivity contribution < 1.29 is 0 Å². The van der Waals surface area contributed by atoms with E-state index in [2.05, 4.69) is 108 Å². The average Bonchev–Trinajstić information content (AvgIpc) is 2.69. The molecule has 0 aromatic heterocycles. The Hall–Kier alpha value is -1.04. The van der Waals surface area contributed by atoms with Gasteiger partial charge in [-0.25, -0.2) is 0 Å². The highest BCUT2D eigenvalue weighted by molar-refractivity contribution is 5.50. The second-order valence-corrected chi connectivity index (χ2v) is 13.2. The highest BCUT2D eigenvalue weighted by Gasteiger charge is 2.56. The molecule has 0 spiro atoms. The van der Waals surface area contributed by atoms with Gasteiger partial charge in [0, 0.05) is 0 Å². The van der Waals surface area contributed by atoms with E-state index in [0.29, 0.717) is 17.3 Å². The molecule has 0 amide bonds. The van der Waals surface area contributed by atoms with Gasteiger partial charge in [0.25, 0.3) is 0 Å². The Morgan fingerprint density at radius 2 is 1.58 bits per heavy atom. The summed E-state index contributed by atoms with van der Waals surface area (Å²) in [6.07, 6.45) is 9.65. The molecule has 0 N–H and O–H groups in total. The van der Waals surface area contributed by atoms with Crippen LogP contribution in [0.5, 0.6) is 0 Å². The van der Waals surface area contributed by atoms with Crippen molar-refractivity contribution in [3.8, 4) is 0 Å². The zero-order chi connectivity index (χ0) is 24.4. The van der Waals surface area contributed by atoms with E-state index in [1.54, 1.807) is 0 Å². The molecule has 1 fully saturated rings. The molecule has 0 aromatic rings. The highest BCUT2D eigenvalue weighted by atomic mass is 14.6. The molecule has 2 rings (SSSR count). The Morgan fingerprint density at radius 1 is 1.06 bits per heavy atom. The molecule has 0 heterocycles. The molecule has 0 aromatic carbocycles. The summed E-state index contributed by atoms with van der Waals surface area (Å²) in [6.45, 7) is 37.1. The van der Waals surface area contributed by atoms with Crippen LogP contribution in [0.15, 0.2) is 47.6 Å². The first-order chi connectivity index (χ1) is 14.0. The summed E-state index contributed by atoms with van der Waals surface area (Å²) in [5.74, 6) is 2.88. The van der Waals surface area contributed by atoms with Crippen LogP contribution in [0.3, 0.4) is 0 Å². The molecule has 0 saturated heterocycles. The van der Waals surface area contributed by atoms with Gasteiger partial charge >= 0.3 is 0 Å². The van der Waals surface area contributed by atoms with Gasteiger partial charge in [-0.05, 0) is 96.2 Å². The minimum absolute atomic E-state index is 0.104. The third-order valence-corrected chi connectivity index (χ3v) is 7.89. The van der Waals surface area contributed by atoms with Crippen LogP contribution in [0.25, 0.3) is 0 Å². The SMILES string of the molecule is C=C(CC(C)C)C1=CC2(C)CC(C)C(C)(C)C2CC(C)(CC=C(C)C)C1=C.CC(C)C. The first-order valence-electron chi connectivity index (χ1n) is 12.7. The summed E-state index contributed by atoms with van der Waals surface area (Å²) < 4.78 is 0. The van der Waals surface area contributed by atoms with Crippen molar-refractivity contribution in [1.29, 1.82) is 0 Å². The van der Waals surface area contributed by atoms with Crippen LogP contribution in [0, 0.1) is 39.9 Å². The minimum atomic E-state index is 0.104. The molecule has 0 aliphatic heterocycles. The molecule has 31 heavy (non-hydrogen) atoms. The fourth-order valence-corrected chi connectivity index (χ4v) is 5.78. The van der Waals surface area contributed by atoms with Gasteiger partial charge in [0.1, 0.15) is 0 Å². The van der Waals surface area contributed by atoms with Crippen LogP contribution in [0.4, 0.5) is 0 Å². The Labute approximate surface area is 196 Å². The van der Waals surface area contributed by atoms with Crippen molar-refractivity contribution in [3.05, 3.63) is 47.6 Å². The molecule has 0 nitrogen and oxygen atoms in total. The van der Waals surface area contributed by atoms with Crippen LogP contribution in [-0.2, 0) is 0 Å². The number of hydrogen-bond donors (Lipinski definition) is 0. The topological polar surface area (TPSA) is 0 Å². The smallest absolute Gasteiger partial charge is 0.00375 e. The Morgan fingerprint density at radius 3 is 2.03 bits per heavy atom. The second-order valence-electron chi connectivity index (χ2n) is 13.2. The maximum absolute atomic E-state index is 4.68. The second kappa shape index (κ2) is 10.3. The van der Waals surface area contributed by atoms with Gasteiger partial charge in [0.15, 0.2) is 0 Å². The molecule has 2 aliphatic rings. The summed E-state index contributed by atoms with van der Waals surface area (Å²) in [6, 6.07) is 0. The standard InChI is InChI=1S/C27H44.C4H10/c1-18(2)12-13-26(10)17-24-25(8,9)21(6)15-27(24,11)16-23(22(26)7)20(5)14-19(3)4;1-4(2)3/h12,16,19,21,24H,5,7,13-15,17H2,1-4,6,8-11H3;4H,1-3H3. The van der Waals surface area contributed by atoms with Crippen molar-refractivity contribution in [1.82, 2.24) is 0 Å². The van der Waals surface area contributed by atoms with Gasteiger partial charge in [-0.1, -0.05) is 100 Å². The largest absolute Gasteiger partial charge is 0.0952 e. The lowest BCUT2D eigenvalue weighted by atomic mass is 9.63. The van der Waals surface area contributed by atoms with E-state index in [1.165, 1.54) is 35.1 Å². The lowest BCUT2D eigenvalue weighted by molar-refractivity contribution is 0.109. The van der Waals surface area contributed by atoms with Gasteiger partial charge < -0.3 is 0 Å². The summed E-state index contributed by atoms with van der Waals surface area (Å²) >= 11 is 0. The Balaban J connectivity index is 0.00000110. The lowest BCUT2D eigenvalue weighted by Crippen LogP contribution is -2.34. The van der Waals surface area contributed by atoms with Crippen LogP contribution in [-0.4, -0.2) is 0 Å². The van der Waals surface area contributed by atoms with E-state index in [1.807, 2.05) is 0 Å². The maximum Gasteiger partial charge on any atom is -0.00375 e. The van der Waals surface area contributed by atoms with Crippen LogP contribution < -0.4 is 0 Å². The van der Waals surface area contributed by atoms with Crippen molar-refractivity contribution in [3.63, 3.8) is 0 Å². The first kappa shape index (κ1) is 28.0. The van der Waals surface area contributed by atoms with E-state index in [4.69, 9.17) is 0 Å². The highest BCUT2D eigenvalue weighted by Crippen LogP contribution is 2.64.